The standard InChI is InChI=1S/C13H20BrN3O/c1-8-12(14)11(17(2)16-8)7-13(18)5-9-3-4-10(6-13)15-9/h9-10,15,18H,3-7H2,1-2H3. The maximum absolute atomic E-state index is 10.9. The van der Waals surface area contributed by atoms with Gasteiger partial charge in [0.25, 0.3) is 0 Å². The zero-order chi connectivity index (χ0) is 12.9. The number of aliphatic hydroxyl groups is 1. The number of hydrogen-bond acceptors (Lipinski definition) is 3. The van der Waals surface area contributed by atoms with E-state index in [2.05, 4.69) is 26.3 Å². The van der Waals surface area contributed by atoms with Crippen LogP contribution in [0.5, 0.6) is 0 Å². The molecule has 3 heterocycles. The van der Waals surface area contributed by atoms with Gasteiger partial charge in [0, 0.05) is 25.6 Å². The summed E-state index contributed by atoms with van der Waals surface area (Å²) in [6, 6.07) is 1.00. The van der Waals surface area contributed by atoms with Crippen molar-refractivity contribution in [2.24, 2.45) is 7.05 Å². The van der Waals surface area contributed by atoms with Crippen LogP contribution in [0.3, 0.4) is 0 Å². The third kappa shape index (κ3) is 2.12. The van der Waals surface area contributed by atoms with Crippen molar-refractivity contribution in [3.05, 3.63) is 15.9 Å². The summed E-state index contributed by atoms with van der Waals surface area (Å²) in [7, 11) is 1.95. The minimum absolute atomic E-state index is 0.502. The fraction of sp³-hybridized carbons (Fsp3) is 0.769. The summed E-state index contributed by atoms with van der Waals surface area (Å²) in [5.74, 6) is 0. The lowest BCUT2D eigenvalue weighted by Crippen LogP contribution is -2.49. The van der Waals surface area contributed by atoms with E-state index < -0.39 is 5.60 Å². The fourth-order valence-electron chi connectivity index (χ4n) is 3.55. The van der Waals surface area contributed by atoms with Gasteiger partial charge in [-0.15, -0.1) is 0 Å². The van der Waals surface area contributed by atoms with Gasteiger partial charge in [0.2, 0.25) is 0 Å². The van der Waals surface area contributed by atoms with Gasteiger partial charge in [0.1, 0.15) is 0 Å². The summed E-state index contributed by atoms with van der Waals surface area (Å²) in [6.07, 6.45) is 4.83. The maximum Gasteiger partial charge on any atom is 0.0738 e. The van der Waals surface area contributed by atoms with Crippen LogP contribution in [0, 0.1) is 6.92 Å². The topological polar surface area (TPSA) is 50.1 Å². The first-order valence-corrected chi connectivity index (χ1v) is 7.42. The molecule has 0 aromatic carbocycles. The highest BCUT2D eigenvalue weighted by Gasteiger charge is 2.43. The number of piperidine rings is 1. The Hall–Kier alpha value is -0.390. The molecule has 100 valence electrons. The fourth-order valence-corrected chi connectivity index (χ4v) is 4.03. The normalized spacial score (nSPS) is 35.1. The average molecular weight is 314 g/mol. The Bertz CT molecular complexity index is 459. The molecule has 0 amide bonds. The van der Waals surface area contributed by atoms with Gasteiger partial charge in [0.15, 0.2) is 0 Å². The number of rotatable bonds is 2. The number of aryl methyl sites for hydroxylation is 2. The van der Waals surface area contributed by atoms with Crippen molar-refractivity contribution >= 4 is 15.9 Å². The third-order valence-electron chi connectivity index (χ3n) is 4.35. The summed E-state index contributed by atoms with van der Waals surface area (Å²) in [5, 5.41) is 18.8. The Morgan fingerprint density at radius 3 is 2.56 bits per heavy atom. The van der Waals surface area contributed by atoms with Crippen molar-refractivity contribution in [1.82, 2.24) is 15.1 Å². The highest BCUT2D eigenvalue weighted by Crippen LogP contribution is 2.37. The molecule has 2 bridgehead atoms. The first-order chi connectivity index (χ1) is 8.47. The molecule has 2 atom stereocenters. The van der Waals surface area contributed by atoms with Gasteiger partial charge in [0.05, 0.1) is 21.5 Å². The van der Waals surface area contributed by atoms with Gasteiger partial charge >= 0.3 is 0 Å². The highest BCUT2D eigenvalue weighted by atomic mass is 79.9. The van der Waals surface area contributed by atoms with Crippen LogP contribution in [0.4, 0.5) is 0 Å². The number of aromatic nitrogens is 2. The zero-order valence-electron chi connectivity index (χ0n) is 10.9. The largest absolute Gasteiger partial charge is 0.389 e. The van der Waals surface area contributed by atoms with Crippen LogP contribution in [0.25, 0.3) is 0 Å². The molecule has 2 N–H and O–H groups in total. The molecule has 18 heavy (non-hydrogen) atoms. The summed E-state index contributed by atoms with van der Waals surface area (Å²) in [4.78, 5) is 0. The van der Waals surface area contributed by atoms with E-state index >= 15 is 0 Å². The molecule has 2 saturated heterocycles. The molecular weight excluding hydrogens is 294 g/mol. The Kier molecular flexibility index (Phi) is 3.03. The van der Waals surface area contributed by atoms with Gasteiger partial charge in [-0.05, 0) is 48.5 Å². The van der Waals surface area contributed by atoms with Gasteiger partial charge < -0.3 is 10.4 Å². The molecule has 4 nitrogen and oxygen atoms in total. The van der Waals surface area contributed by atoms with Gasteiger partial charge in [-0.3, -0.25) is 4.68 Å². The second-order valence-electron chi connectivity index (χ2n) is 5.92. The second kappa shape index (κ2) is 4.32. The summed E-state index contributed by atoms with van der Waals surface area (Å²) in [6.45, 7) is 1.99. The van der Waals surface area contributed by atoms with Crippen LogP contribution in [0.15, 0.2) is 4.47 Å². The first kappa shape index (κ1) is 12.6. The van der Waals surface area contributed by atoms with Gasteiger partial charge in [-0.1, -0.05) is 0 Å². The van der Waals surface area contributed by atoms with Crippen LogP contribution < -0.4 is 5.32 Å². The summed E-state index contributed by atoms with van der Waals surface area (Å²) >= 11 is 3.59. The van der Waals surface area contributed by atoms with E-state index in [9.17, 15) is 5.11 Å². The molecule has 0 saturated carbocycles. The van der Waals surface area contributed by atoms with Crippen molar-refractivity contribution in [2.45, 2.75) is 56.7 Å². The minimum atomic E-state index is -0.570. The van der Waals surface area contributed by atoms with Crippen LogP contribution >= 0.6 is 15.9 Å². The lowest BCUT2D eigenvalue weighted by Gasteiger charge is -2.37. The van der Waals surface area contributed by atoms with E-state index in [-0.39, 0.29) is 0 Å². The van der Waals surface area contributed by atoms with Crippen LogP contribution in [0.2, 0.25) is 0 Å². The minimum Gasteiger partial charge on any atom is -0.389 e. The van der Waals surface area contributed by atoms with Crippen molar-refractivity contribution in [1.29, 1.82) is 0 Å². The Morgan fingerprint density at radius 2 is 2.06 bits per heavy atom. The molecule has 0 radical (unpaired) electrons. The molecule has 2 unspecified atom stereocenters. The van der Waals surface area contributed by atoms with Crippen LogP contribution in [0.1, 0.15) is 37.1 Å². The van der Waals surface area contributed by atoms with E-state index in [4.69, 9.17) is 0 Å². The quantitative estimate of drug-likeness (QED) is 0.873. The van der Waals surface area contributed by atoms with E-state index in [1.54, 1.807) is 0 Å². The van der Waals surface area contributed by atoms with E-state index in [0.29, 0.717) is 18.5 Å². The average Bonchev–Trinajstić information content (AvgIpc) is 2.74. The van der Waals surface area contributed by atoms with E-state index in [1.165, 1.54) is 12.8 Å². The lowest BCUT2D eigenvalue weighted by atomic mass is 9.83. The lowest BCUT2D eigenvalue weighted by molar-refractivity contribution is -0.00768. The van der Waals surface area contributed by atoms with Crippen LogP contribution in [-0.2, 0) is 13.5 Å². The van der Waals surface area contributed by atoms with Crippen molar-refractivity contribution in [3.63, 3.8) is 0 Å². The van der Waals surface area contributed by atoms with Crippen molar-refractivity contribution in [2.75, 3.05) is 0 Å². The number of nitrogens with zero attached hydrogens (tertiary/aromatic N) is 2. The monoisotopic (exact) mass is 313 g/mol. The molecule has 2 fully saturated rings. The zero-order valence-corrected chi connectivity index (χ0v) is 12.5. The summed E-state index contributed by atoms with van der Waals surface area (Å²) in [5.41, 5.74) is 1.53. The summed E-state index contributed by atoms with van der Waals surface area (Å²) < 4.78 is 2.94. The molecule has 1 aromatic heterocycles. The second-order valence-corrected chi connectivity index (χ2v) is 6.71. The van der Waals surface area contributed by atoms with Gasteiger partial charge in [-0.2, -0.15) is 5.10 Å². The van der Waals surface area contributed by atoms with Crippen molar-refractivity contribution in [3.8, 4) is 0 Å². The Balaban J connectivity index is 1.83. The Morgan fingerprint density at radius 1 is 1.44 bits per heavy atom. The number of fused-ring (bicyclic) bond motifs is 2. The third-order valence-corrected chi connectivity index (χ3v) is 5.38. The molecule has 0 spiro atoms. The predicted octanol–water partition coefficient (Wildman–Crippen LogP) is 1.68. The molecule has 5 heteroatoms. The molecule has 1 aromatic rings. The molecule has 2 aliphatic heterocycles. The molecule has 0 aliphatic carbocycles. The van der Waals surface area contributed by atoms with Crippen molar-refractivity contribution < 1.29 is 5.11 Å². The number of hydrogen-bond donors (Lipinski definition) is 2. The van der Waals surface area contributed by atoms with E-state index in [1.807, 2.05) is 18.7 Å². The number of halogens is 1. The highest BCUT2D eigenvalue weighted by molar-refractivity contribution is 9.10. The maximum atomic E-state index is 10.9. The Labute approximate surface area is 116 Å². The molecule has 3 rings (SSSR count). The SMILES string of the molecule is Cc1nn(C)c(CC2(O)CC3CCC(C2)N3)c1Br. The number of nitrogens with one attached hydrogen (secondary N) is 1. The molecular formula is C13H20BrN3O. The predicted molar refractivity (Wildman–Crippen MR) is 73.5 cm³/mol. The smallest absolute Gasteiger partial charge is 0.0738 e. The van der Waals surface area contributed by atoms with E-state index in [0.717, 1.165) is 28.7 Å². The first-order valence-electron chi connectivity index (χ1n) is 6.63. The van der Waals surface area contributed by atoms with Gasteiger partial charge in [-0.25, -0.2) is 0 Å². The molecule has 2 aliphatic rings. The van der Waals surface area contributed by atoms with Crippen LogP contribution in [-0.4, -0.2) is 32.6 Å².